The lowest BCUT2D eigenvalue weighted by atomic mass is 10.2. The van der Waals surface area contributed by atoms with Crippen LogP contribution in [0.5, 0.6) is 0 Å². The maximum Gasteiger partial charge on any atom is 0.141 e. The van der Waals surface area contributed by atoms with E-state index < -0.39 is 0 Å². The SMILES string of the molecule is CCCCc1cccc(C(=N)N)n1.Cl. The van der Waals surface area contributed by atoms with E-state index in [9.17, 15) is 0 Å². The number of rotatable bonds is 4. The summed E-state index contributed by atoms with van der Waals surface area (Å²) in [6.07, 6.45) is 3.26. The summed E-state index contributed by atoms with van der Waals surface area (Å²) in [6, 6.07) is 5.63. The molecule has 3 N–H and O–H groups in total. The highest BCUT2D eigenvalue weighted by Crippen LogP contribution is 2.03. The number of hydrogen-bond donors (Lipinski definition) is 2. The van der Waals surface area contributed by atoms with Gasteiger partial charge in [-0.1, -0.05) is 19.4 Å². The van der Waals surface area contributed by atoms with Crippen LogP contribution in [0.25, 0.3) is 0 Å². The highest BCUT2D eigenvalue weighted by atomic mass is 35.5. The topological polar surface area (TPSA) is 62.8 Å². The molecule has 0 atom stereocenters. The Bertz CT molecular complexity index is 299. The minimum absolute atomic E-state index is 0. The van der Waals surface area contributed by atoms with Crippen LogP contribution < -0.4 is 5.73 Å². The summed E-state index contributed by atoms with van der Waals surface area (Å²) in [4.78, 5) is 4.26. The van der Waals surface area contributed by atoms with E-state index in [4.69, 9.17) is 11.1 Å². The minimum Gasteiger partial charge on any atom is -0.382 e. The molecule has 3 nitrogen and oxygen atoms in total. The molecular formula is C10H16ClN3. The van der Waals surface area contributed by atoms with Crippen molar-refractivity contribution in [3.05, 3.63) is 29.6 Å². The summed E-state index contributed by atoms with van der Waals surface area (Å²) in [5, 5.41) is 7.22. The molecule has 4 heteroatoms. The van der Waals surface area contributed by atoms with Gasteiger partial charge in [-0.15, -0.1) is 12.4 Å². The number of nitrogen functional groups attached to an aromatic ring is 1. The maximum absolute atomic E-state index is 7.22. The molecule has 0 aliphatic carbocycles. The normalized spacial score (nSPS) is 9.21. The molecule has 1 aromatic rings. The predicted molar refractivity (Wildman–Crippen MR) is 61.1 cm³/mol. The number of unbranched alkanes of at least 4 members (excludes halogenated alkanes) is 1. The fourth-order valence-corrected chi connectivity index (χ4v) is 1.13. The average Bonchev–Trinajstić information content (AvgIpc) is 2.15. The van der Waals surface area contributed by atoms with Crippen molar-refractivity contribution in [3.63, 3.8) is 0 Å². The number of hydrogen-bond acceptors (Lipinski definition) is 2. The molecule has 1 heterocycles. The van der Waals surface area contributed by atoms with Gasteiger partial charge in [0.15, 0.2) is 0 Å². The Morgan fingerprint density at radius 1 is 1.50 bits per heavy atom. The van der Waals surface area contributed by atoms with E-state index in [1.54, 1.807) is 6.07 Å². The second kappa shape index (κ2) is 6.38. The number of aromatic nitrogens is 1. The number of amidine groups is 1. The monoisotopic (exact) mass is 213 g/mol. The van der Waals surface area contributed by atoms with Gasteiger partial charge in [0.25, 0.3) is 0 Å². The number of nitrogens with two attached hydrogens (primary N) is 1. The third kappa shape index (κ3) is 3.75. The van der Waals surface area contributed by atoms with Crippen molar-refractivity contribution in [2.45, 2.75) is 26.2 Å². The minimum atomic E-state index is 0. The lowest BCUT2D eigenvalue weighted by molar-refractivity contribution is 0.776. The number of pyridine rings is 1. The summed E-state index contributed by atoms with van der Waals surface area (Å²) in [7, 11) is 0. The smallest absolute Gasteiger partial charge is 0.141 e. The molecule has 0 bridgehead atoms. The lowest BCUT2D eigenvalue weighted by Crippen LogP contribution is -2.13. The van der Waals surface area contributed by atoms with Crippen molar-refractivity contribution in [2.24, 2.45) is 5.73 Å². The van der Waals surface area contributed by atoms with Crippen LogP contribution >= 0.6 is 12.4 Å². The van der Waals surface area contributed by atoms with E-state index in [0.717, 1.165) is 25.0 Å². The molecule has 0 amide bonds. The van der Waals surface area contributed by atoms with Crippen LogP contribution in [-0.2, 0) is 6.42 Å². The molecule has 0 spiro atoms. The molecule has 0 aliphatic heterocycles. The van der Waals surface area contributed by atoms with Crippen LogP contribution in [0.15, 0.2) is 18.2 Å². The van der Waals surface area contributed by atoms with Crippen molar-refractivity contribution in [3.8, 4) is 0 Å². The second-order valence-electron chi connectivity index (χ2n) is 3.03. The number of nitrogens with zero attached hydrogens (tertiary/aromatic N) is 1. The standard InChI is InChI=1S/C10H15N3.ClH/c1-2-3-5-8-6-4-7-9(13-8)10(11)12;/h4,6-7H,2-3,5H2,1H3,(H3,11,12);1H. The second-order valence-corrected chi connectivity index (χ2v) is 3.03. The van der Waals surface area contributed by atoms with Crippen LogP contribution in [0.3, 0.4) is 0 Å². The third-order valence-corrected chi connectivity index (χ3v) is 1.87. The fraction of sp³-hybridized carbons (Fsp3) is 0.400. The molecule has 1 rings (SSSR count). The molecule has 1 aromatic heterocycles. The van der Waals surface area contributed by atoms with Crippen LogP contribution in [-0.4, -0.2) is 10.8 Å². The van der Waals surface area contributed by atoms with Crippen molar-refractivity contribution < 1.29 is 0 Å². The number of halogens is 1. The van der Waals surface area contributed by atoms with Gasteiger partial charge >= 0.3 is 0 Å². The Hall–Kier alpha value is -1.09. The van der Waals surface area contributed by atoms with Gasteiger partial charge in [0.1, 0.15) is 11.5 Å². The van der Waals surface area contributed by atoms with Gasteiger partial charge in [0.2, 0.25) is 0 Å². The Kier molecular flexibility index (Phi) is 5.88. The molecule has 78 valence electrons. The zero-order chi connectivity index (χ0) is 9.68. The highest BCUT2D eigenvalue weighted by molar-refractivity contribution is 5.92. The summed E-state index contributed by atoms with van der Waals surface area (Å²) < 4.78 is 0. The fourth-order valence-electron chi connectivity index (χ4n) is 1.13. The number of nitrogens with one attached hydrogen (secondary N) is 1. The third-order valence-electron chi connectivity index (χ3n) is 1.87. The lowest BCUT2D eigenvalue weighted by Gasteiger charge is -2.01. The van der Waals surface area contributed by atoms with Gasteiger partial charge in [-0.25, -0.2) is 4.98 Å². The van der Waals surface area contributed by atoms with E-state index >= 15 is 0 Å². The van der Waals surface area contributed by atoms with E-state index in [1.807, 2.05) is 12.1 Å². The molecule has 0 saturated carbocycles. The molecule has 0 aromatic carbocycles. The summed E-state index contributed by atoms with van der Waals surface area (Å²) >= 11 is 0. The van der Waals surface area contributed by atoms with Gasteiger partial charge in [-0.3, -0.25) is 5.41 Å². The Labute approximate surface area is 90.7 Å². The summed E-state index contributed by atoms with van der Waals surface area (Å²) in [5.74, 6) is 0.0401. The van der Waals surface area contributed by atoms with E-state index in [0.29, 0.717) is 5.69 Å². The van der Waals surface area contributed by atoms with Crippen LogP contribution in [0.4, 0.5) is 0 Å². The predicted octanol–water partition coefficient (Wildman–Crippen LogP) is 2.13. The quantitative estimate of drug-likeness (QED) is 0.595. The summed E-state index contributed by atoms with van der Waals surface area (Å²) in [5.41, 5.74) is 6.93. The summed E-state index contributed by atoms with van der Waals surface area (Å²) in [6.45, 7) is 2.15. The van der Waals surface area contributed by atoms with Gasteiger partial charge in [0, 0.05) is 5.69 Å². The largest absolute Gasteiger partial charge is 0.382 e. The number of aryl methyl sites for hydroxylation is 1. The van der Waals surface area contributed by atoms with E-state index in [-0.39, 0.29) is 18.2 Å². The Balaban J connectivity index is 0.00000169. The van der Waals surface area contributed by atoms with Crippen molar-refractivity contribution in [1.29, 1.82) is 5.41 Å². The Morgan fingerprint density at radius 3 is 2.79 bits per heavy atom. The van der Waals surface area contributed by atoms with Crippen LogP contribution in [0.1, 0.15) is 31.2 Å². The zero-order valence-electron chi connectivity index (χ0n) is 8.29. The van der Waals surface area contributed by atoms with Crippen molar-refractivity contribution in [2.75, 3.05) is 0 Å². The zero-order valence-corrected chi connectivity index (χ0v) is 9.10. The molecule has 0 radical (unpaired) electrons. The van der Waals surface area contributed by atoms with E-state index in [1.165, 1.54) is 0 Å². The first-order valence-electron chi connectivity index (χ1n) is 4.54. The molecule has 0 fully saturated rings. The maximum atomic E-state index is 7.22. The molecule has 0 saturated heterocycles. The molecular weight excluding hydrogens is 198 g/mol. The van der Waals surface area contributed by atoms with Crippen molar-refractivity contribution >= 4 is 18.2 Å². The van der Waals surface area contributed by atoms with Gasteiger partial charge in [-0.05, 0) is 25.0 Å². The van der Waals surface area contributed by atoms with Crippen molar-refractivity contribution in [1.82, 2.24) is 4.98 Å². The molecule has 14 heavy (non-hydrogen) atoms. The van der Waals surface area contributed by atoms with Crippen LogP contribution in [0.2, 0.25) is 0 Å². The first kappa shape index (κ1) is 12.9. The average molecular weight is 214 g/mol. The van der Waals surface area contributed by atoms with E-state index in [2.05, 4.69) is 11.9 Å². The van der Waals surface area contributed by atoms with Gasteiger partial charge in [0.05, 0.1) is 0 Å². The Morgan fingerprint density at radius 2 is 2.21 bits per heavy atom. The van der Waals surface area contributed by atoms with Crippen LogP contribution in [0, 0.1) is 5.41 Å². The van der Waals surface area contributed by atoms with Gasteiger partial charge < -0.3 is 5.73 Å². The van der Waals surface area contributed by atoms with Gasteiger partial charge in [-0.2, -0.15) is 0 Å². The first-order valence-corrected chi connectivity index (χ1v) is 4.54. The highest BCUT2D eigenvalue weighted by Gasteiger charge is 1.99. The molecule has 0 unspecified atom stereocenters. The first-order chi connectivity index (χ1) is 6.24. The molecule has 0 aliphatic rings.